The molecule has 0 saturated carbocycles. The fraction of sp³-hybridized carbons (Fsp3) is 1.00. The van der Waals surface area contributed by atoms with Gasteiger partial charge in [0, 0.05) is 0 Å². The highest BCUT2D eigenvalue weighted by Gasteiger charge is 2.06. The van der Waals surface area contributed by atoms with Gasteiger partial charge in [-0.3, -0.25) is 0 Å². The lowest BCUT2D eigenvalue weighted by molar-refractivity contribution is 0.128. The van der Waals surface area contributed by atoms with Crippen LogP contribution in [0.3, 0.4) is 0 Å². The molecule has 1 unspecified atom stereocenters. The van der Waals surface area contributed by atoms with Gasteiger partial charge in [-0.2, -0.15) is 0 Å². The Kier molecular flexibility index (Phi) is 4.78. The maximum atomic E-state index is 9.05. The van der Waals surface area contributed by atoms with E-state index in [-0.39, 0.29) is 6.10 Å². The Labute approximate surface area is 58.1 Å². The number of aliphatic hydroxyl groups excluding tert-OH is 1. The second kappa shape index (κ2) is 4.80. The van der Waals surface area contributed by atoms with E-state index >= 15 is 0 Å². The van der Waals surface area contributed by atoms with Gasteiger partial charge in [-0.05, 0) is 19.3 Å². The summed E-state index contributed by atoms with van der Waals surface area (Å²) in [6, 6.07) is 0. The van der Waals surface area contributed by atoms with Crippen LogP contribution in [0.15, 0.2) is 0 Å². The van der Waals surface area contributed by atoms with Gasteiger partial charge in [-0.25, -0.2) is 0 Å². The van der Waals surface area contributed by atoms with Crippen LogP contribution >= 0.6 is 0 Å². The highest BCUT2D eigenvalue weighted by atomic mass is 16.3. The van der Waals surface area contributed by atoms with Crippen LogP contribution in [0.4, 0.5) is 0 Å². The second-order valence-electron chi connectivity index (χ2n) is 2.86. The third-order valence-electron chi connectivity index (χ3n) is 1.84. The van der Waals surface area contributed by atoms with E-state index in [0.717, 1.165) is 6.42 Å². The quantitative estimate of drug-likeness (QED) is 0.618. The summed E-state index contributed by atoms with van der Waals surface area (Å²) in [4.78, 5) is 0. The van der Waals surface area contributed by atoms with Crippen molar-refractivity contribution < 1.29 is 5.11 Å². The average molecular weight is 130 g/mol. The van der Waals surface area contributed by atoms with Gasteiger partial charge >= 0.3 is 0 Å². The first-order chi connectivity index (χ1) is 4.18. The van der Waals surface area contributed by atoms with Crippen molar-refractivity contribution in [2.24, 2.45) is 5.92 Å². The molecule has 0 aliphatic rings. The topological polar surface area (TPSA) is 20.2 Å². The Morgan fingerprint density at radius 2 is 1.89 bits per heavy atom. The van der Waals surface area contributed by atoms with E-state index in [4.69, 9.17) is 5.11 Å². The van der Waals surface area contributed by atoms with Gasteiger partial charge in [0.2, 0.25) is 0 Å². The van der Waals surface area contributed by atoms with Crippen molar-refractivity contribution in [1.82, 2.24) is 0 Å². The van der Waals surface area contributed by atoms with Crippen molar-refractivity contribution in [1.29, 1.82) is 0 Å². The van der Waals surface area contributed by atoms with Crippen molar-refractivity contribution >= 4 is 0 Å². The van der Waals surface area contributed by atoms with Crippen LogP contribution < -0.4 is 0 Å². The van der Waals surface area contributed by atoms with Crippen molar-refractivity contribution in [3.05, 3.63) is 0 Å². The van der Waals surface area contributed by atoms with Crippen molar-refractivity contribution in [2.45, 2.75) is 46.1 Å². The molecule has 0 radical (unpaired) electrons. The van der Waals surface area contributed by atoms with Crippen molar-refractivity contribution in [2.75, 3.05) is 0 Å². The van der Waals surface area contributed by atoms with Crippen molar-refractivity contribution in [3.8, 4) is 0 Å². The van der Waals surface area contributed by atoms with Gasteiger partial charge in [-0.15, -0.1) is 0 Å². The molecular weight excluding hydrogens is 112 g/mol. The van der Waals surface area contributed by atoms with E-state index in [9.17, 15) is 0 Å². The molecule has 56 valence electrons. The highest BCUT2D eigenvalue weighted by Crippen LogP contribution is 2.10. The van der Waals surface area contributed by atoms with Gasteiger partial charge in [0.05, 0.1) is 6.10 Å². The molecule has 0 bridgehead atoms. The van der Waals surface area contributed by atoms with Gasteiger partial charge in [0.1, 0.15) is 0 Å². The summed E-state index contributed by atoms with van der Waals surface area (Å²) in [5.74, 6) is 0.477. The molecule has 0 rings (SSSR count). The summed E-state index contributed by atoms with van der Waals surface area (Å²) in [6.07, 6.45) is 3.51. The van der Waals surface area contributed by atoms with Crippen LogP contribution in [0, 0.1) is 5.92 Å². The normalized spacial score (nSPS) is 17.3. The molecular formula is C8H18O. The molecule has 9 heavy (non-hydrogen) atoms. The number of hydrogen-bond donors (Lipinski definition) is 1. The third kappa shape index (κ3) is 4.46. The van der Waals surface area contributed by atoms with Crippen molar-refractivity contribution in [3.63, 3.8) is 0 Å². The molecule has 2 atom stereocenters. The van der Waals surface area contributed by atoms with Crippen LogP contribution in [0.25, 0.3) is 0 Å². The number of aliphatic hydroxyl groups is 1. The lowest BCUT2D eigenvalue weighted by Gasteiger charge is -2.12. The fourth-order valence-corrected chi connectivity index (χ4v) is 0.767. The minimum atomic E-state index is -0.128. The first-order valence-electron chi connectivity index (χ1n) is 3.86. The highest BCUT2D eigenvalue weighted by molar-refractivity contribution is 4.57. The van der Waals surface area contributed by atoms with Crippen LogP contribution in [-0.4, -0.2) is 11.2 Å². The minimum Gasteiger partial charge on any atom is -0.393 e. The van der Waals surface area contributed by atoms with Gasteiger partial charge in [0.15, 0.2) is 0 Å². The van der Waals surface area contributed by atoms with Crippen LogP contribution in [-0.2, 0) is 0 Å². The van der Waals surface area contributed by atoms with Gasteiger partial charge in [-0.1, -0.05) is 26.7 Å². The fourth-order valence-electron chi connectivity index (χ4n) is 0.767. The molecule has 0 aromatic carbocycles. The molecule has 0 aromatic heterocycles. The molecule has 1 N–H and O–H groups in total. The zero-order chi connectivity index (χ0) is 7.28. The minimum absolute atomic E-state index is 0.128. The molecule has 0 amide bonds. The summed E-state index contributed by atoms with van der Waals surface area (Å²) >= 11 is 0. The number of unbranched alkanes of at least 4 members (excludes halogenated alkanes) is 1. The third-order valence-corrected chi connectivity index (χ3v) is 1.84. The SMILES string of the molecule is CCCC[C@H](C)C(C)O. The van der Waals surface area contributed by atoms with E-state index in [1.807, 2.05) is 6.92 Å². The number of rotatable bonds is 4. The Bertz CT molecular complexity index is 59.6. The Balaban J connectivity index is 3.16. The first kappa shape index (κ1) is 8.96. The Morgan fingerprint density at radius 3 is 2.22 bits per heavy atom. The first-order valence-corrected chi connectivity index (χ1v) is 3.86. The molecule has 0 saturated heterocycles. The summed E-state index contributed by atoms with van der Waals surface area (Å²) in [7, 11) is 0. The summed E-state index contributed by atoms with van der Waals surface area (Å²) in [5, 5.41) is 9.05. The van der Waals surface area contributed by atoms with Crippen LogP contribution in [0.5, 0.6) is 0 Å². The van der Waals surface area contributed by atoms with Gasteiger partial charge < -0.3 is 5.11 Å². The standard InChI is InChI=1S/C8H18O/c1-4-5-6-7(2)8(3)9/h7-9H,4-6H2,1-3H3/t7-,8?/m0/s1. The molecule has 0 spiro atoms. The zero-order valence-electron chi connectivity index (χ0n) is 6.72. The smallest absolute Gasteiger partial charge is 0.0537 e. The summed E-state index contributed by atoms with van der Waals surface area (Å²) in [5.41, 5.74) is 0. The largest absolute Gasteiger partial charge is 0.393 e. The molecule has 1 nitrogen and oxygen atoms in total. The Hall–Kier alpha value is -0.0400. The maximum Gasteiger partial charge on any atom is 0.0537 e. The average Bonchev–Trinajstić information content (AvgIpc) is 1.82. The molecule has 1 heteroatoms. The predicted molar refractivity (Wildman–Crippen MR) is 40.4 cm³/mol. The molecule has 0 fully saturated rings. The van der Waals surface area contributed by atoms with E-state index in [1.165, 1.54) is 12.8 Å². The van der Waals surface area contributed by atoms with E-state index in [2.05, 4.69) is 13.8 Å². The summed E-state index contributed by atoms with van der Waals surface area (Å²) < 4.78 is 0. The van der Waals surface area contributed by atoms with Crippen LogP contribution in [0.2, 0.25) is 0 Å². The van der Waals surface area contributed by atoms with E-state index < -0.39 is 0 Å². The Morgan fingerprint density at radius 1 is 1.33 bits per heavy atom. The molecule has 0 aromatic rings. The lowest BCUT2D eigenvalue weighted by Crippen LogP contribution is -2.12. The second-order valence-corrected chi connectivity index (χ2v) is 2.86. The van der Waals surface area contributed by atoms with Gasteiger partial charge in [0.25, 0.3) is 0 Å². The van der Waals surface area contributed by atoms with E-state index in [1.54, 1.807) is 0 Å². The lowest BCUT2D eigenvalue weighted by atomic mass is 10.00. The predicted octanol–water partition coefficient (Wildman–Crippen LogP) is 2.19. The molecule has 0 aliphatic carbocycles. The van der Waals surface area contributed by atoms with Crippen LogP contribution in [0.1, 0.15) is 40.0 Å². The van der Waals surface area contributed by atoms with E-state index in [0.29, 0.717) is 5.92 Å². The maximum absolute atomic E-state index is 9.05. The molecule has 0 heterocycles. The zero-order valence-corrected chi connectivity index (χ0v) is 6.72. The summed E-state index contributed by atoms with van der Waals surface area (Å²) in [6.45, 7) is 6.13. The monoisotopic (exact) mass is 130 g/mol. The number of hydrogen-bond acceptors (Lipinski definition) is 1. The molecule has 0 aliphatic heterocycles.